The Bertz CT molecular complexity index is 663. The van der Waals surface area contributed by atoms with Crippen LogP contribution in [0.25, 0.3) is 0 Å². The molecule has 0 aliphatic rings. The zero-order valence-electron chi connectivity index (χ0n) is 12.8. The molecule has 0 atom stereocenters. The van der Waals surface area contributed by atoms with Gasteiger partial charge in [0.2, 0.25) is 5.91 Å². The van der Waals surface area contributed by atoms with Crippen molar-refractivity contribution in [3.63, 3.8) is 0 Å². The number of benzene rings is 2. The summed E-state index contributed by atoms with van der Waals surface area (Å²) in [5, 5.41) is 2.69. The maximum atomic E-state index is 12.4. The minimum absolute atomic E-state index is 0.116. The Hall–Kier alpha value is -2.82. The topological polar surface area (TPSA) is 58.6 Å². The van der Waals surface area contributed by atoms with Crippen molar-refractivity contribution in [1.29, 1.82) is 0 Å². The summed E-state index contributed by atoms with van der Waals surface area (Å²) in [6, 6.07) is 14.0. The van der Waals surface area contributed by atoms with Gasteiger partial charge in [0.1, 0.15) is 5.75 Å². The molecule has 0 heterocycles. The average Bonchev–Trinajstić information content (AvgIpc) is 2.54. The highest BCUT2D eigenvalue weighted by Gasteiger charge is 2.13. The molecule has 2 aromatic rings. The molecule has 5 nitrogen and oxygen atoms in total. The Morgan fingerprint density at radius 2 is 1.59 bits per heavy atom. The Morgan fingerprint density at radius 1 is 1.00 bits per heavy atom. The lowest BCUT2D eigenvalue weighted by Gasteiger charge is -2.18. The molecule has 0 unspecified atom stereocenters. The summed E-state index contributed by atoms with van der Waals surface area (Å²) in [7, 11) is 3.29. The van der Waals surface area contributed by atoms with E-state index in [-0.39, 0.29) is 11.8 Å². The van der Waals surface area contributed by atoms with E-state index >= 15 is 0 Å². The summed E-state index contributed by atoms with van der Waals surface area (Å²) >= 11 is 0. The van der Waals surface area contributed by atoms with Crippen LogP contribution >= 0.6 is 0 Å². The predicted octanol–water partition coefficient (Wildman–Crippen LogP) is 2.93. The fraction of sp³-hybridized carbons (Fsp3) is 0.176. The molecule has 0 saturated heterocycles. The molecule has 0 radical (unpaired) electrons. The number of methoxy groups -OCH3 is 1. The molecule has 114 valence electrons. The molecule has 2 amide bonds. The molecule has 22 heavy (non-hydrogen) atoms. The van der Waals surface area contributed by atoms with Gasteiger partial charge in [0.15, 0.2) is 0 Å². The quantitative estimate of drug-likeness (QED) is 0.944. The van der Waals surface area contributed by atoms with Gasteiger partial charge in [-0.15, -0.1) is 0 Å². The van der Waals surface area contributed by atoms with Crippen molar-refractivity contribution in [1.82, 2.24) is 0 Å². The lowest BCUT2D eigenvalue weighted by molar-refractivity contribution is -0.114. The third-order valence-electron chi connectivity index (χ3n) is 3.22. The molecule has 0 fully saturated rings. The summed E-state index contributed by atoms with van der Waals surface area (Å²) in [5.41, 5.74) is 2.02. The molecular formula is C17H18N2O3. The first-order chi connectivity index (χ1) is 10.5. The molecular weight excluding hydrogens is 280 g/mol. The molecule has 0 bridgehead atoms. The molecule has 0 saturated carbocycles. The maximum absolute atomic E-state index is 12.4. The van der Waals surface area contributed by atoms with Gasteiger partial charge in [-0.1, -0.05) is 0 Å². The first-order valence-electron chi connectivity index (χ1n) is 6.81. The number of nitrogens with zero attached hydrogens (tertiary/aromatic N) is 1. The van der Waals surface area contributed by atoms with Crippen molar-refractivity contribution >= 4 is 23.2 Å². The van der Waals surface area contributed by atoms with Crippen molar-refractivity contribution < 1.29 is 14.3 Å². The second-order valence-electron chi connectivity index (χ2n) is 4.82. The van der Waals surface area contributed by atoms with Gasteiger partial charge in [0, 0.05) is 30.9 Å². The van der Waals surface area contributed by atoms with Crippen LogP contribution in [0.4, 0.5) is 11.4 Å². The molecule has 5 heteroatoms. The van der Waals surface area contributed by atoms with Crippen LogP contribution in [0.15, 0.2) is 48.5 Å². The number of carbonyl (C=O) groups is 2. The number of anilines is 2. The Balaban J connectivity index is 2.13. The van der Waals surface area contributed by atoms with Crippen LogP contribution in [0.5, 0.6) is 5.75 Å². The van der Waals surface area contributed by atoms with E-state index in [4.69, 9.17) is 4.74 Å². The maximum Gasteiger partial charge on any atom is 0.258 e. The summed E-state index contributed by atoms with van der Waals surface area (Å²) in [4.78, 5) is 25.0. The second kappa shape index (κ2) is 6.76. The van der Waals surface area contributed by atoms with Gasteiger partial charge in [-0.2, -0.15) is 0 Å². The Kier molecular flexibility index (Phi) is 4.78. The molecule has 0 spiro atoms. The SMILES string of the molecule is COc1ccc(C(=O)N(C)c2ccc(NC(C)=O)cc2)cc1. The second-order valence-corrected chi connectivity index (χ2v) is 4.82. The largest absolute Gasteiger partial charge is 0.497 e. The molecule has 1 N–H and O–H groups in total. The van der Waals surface area contributed by atoms with Crippen molar-refractivity contribution in [3.8, 4) is 5.75 Å². The van der Waals surface area contributed by atoms with Crippen LogP contribution in [-0.2, 0) is 4.79 Å². The fourth-order valence-electron chi connectivity index (χ4n) is 2.02. The number of ether oxygens (including phenoxy) is 1. The van der Waals surface area contributed by atoms with E-state index in [1.807, 2.05) is 0 Å². The van der Waals surface area contributed by atoms with Crippen LogP contribution in [0.1, 0.15) is 17.3 Å². The van der Waals surface area contributed by atoms with Crippen molar-refractivity contribution in [2.45, 2.75) is 6.92 Å². The zero-order chi connectivity index (χ0) is 16.1. The molecule has 2 rings (SSSR count). The lowest BCUT2D eigenvalue weighted by Crippen LogP contribution is -2.26. The van der Waals surface area contributed by atoms with Gasteiger partial charge < -0.3 is 15.0 Å². The summed E-state index contributed by atoms with van der Waals surface area (Å²) < 4.78 is 5.08. The highest BCUT2D eigenvalue weighted by molar-refractivity contribution is 6.05. The smallest absolute Gasteiger partial charge is 0.258 e. The Morgan fingerprint density at radius 3 is 2.09 bits per heavy atom. The van der Waals surface area contributed by atoms with Gasteiger partial charge >= 0.3 is 0 Å². The minimum Gasteiger partial charge on any atom is -0.497 e. The van der Waals surface area contributed by atoms with Crippen molar-refractivity contribution in [2.24, 2.45) is 0 Å². The zero-order valence-corrected chi connectivity index (χ0v) is 12.8. The van der Waals surface area contributed by atoms with Crippen molar-refractivity contribution in [2.75, 3.05) is 24.4 Å². The first-order valence-corrected chi connectivity index (χ1v) is 6.81. The normalized spacial score (nSPS) is 9.95. The monoisotopic (exact) mass is 298 g/mol. The number of hydrogen-bond acceptors (Lipinski definition) is 3. The standard InChI is InChI=1S/C17H18N2O3/c1-12(20)18-14-6-8-15(9-7-14)19(2)17(21)13-4-10-16(22-3)11-5-13/h4-11H,1-3H3,(H,18,20). The van der Waals surface area contributed by atoms with Gasteiger partial charge in [0.05, 0.1) is 7.11 Å². The molecule has 2 aromatic carbocycles. The third-order valence-corrected chi connectivity index (χ3v) is 3.22. The van der Waals surface area contributed by atoms with Gasteiger partial charge in [-0.05, 0) is 48.5 Å². The van der Waals surface area contributed by atoms with Crippen LogP contribution in [0, 0.1) is 0 Å². The summed E-state index contributed by atoms with van der Waals surface area (Å²) in [6.45, 7) is 1.45. The Labute approximate surface area is 129 Å². The van der Waals surface area contributed by atoms with E-state index < -0.39 is 0 Å². The molecule has 0 aliphatic carbocycles. The number of rotatable bonds is 4. The number of hydrogen-bond donors (Lipinski definition) is 1. The average molecular weight is 298 g/mol. The van der Waals surface area contributed by atoms with E-state index in [0.29, 0.717) is 17.0 Å². The fourth-order valence-corrected chi connectivity index (χ4v) is 2.02. The summed E-state index contributed by atoms with van der Waals surface area (Å²) in [5.74, 6) is 0.462. The van der Waals surface area contributed by atoms with Crippen LogP contribution < -0.4 is 15.0 Å². The van der Waals surface area contributed by atoms with Gasteiger partial charge in [0.25, 0.3) is 5.91 Å². The predicted molar refractivity (Wildman–Crippen MR) is 86.5 cm³/mol. The lowest BCUT2D eigenvalue weighted by atomic mass is 10.1. The van der Waals surface area contributed by atoms with Crippen LogP contribution in [-0.4, -0.2) is 26.0 Å². The number of carbonyl (C=O) groups excluding carboxylic acids is 2. The minimum atomic E-state index is -0.129. The van der Waals surface area contributed by atoms with Gasteiger partial charge in [-0.3, -0.25) is 9.59 Å². The van der Waals surface area contributed by atoms with Crippen LogP contribution in [0.3, 0.4) is 0 Å². The third kappa shape index (κ3) is 3.63. The summed E-state index contributed by atoms with van der Waals surface area (Å²) in [6.07, 6.45) is 0. The number of nitrogens with one attached hydrogen (secondary N) is 1. The van der Waals surface area contributed by atoms with Gasteiger partial charge in [-0.25, -0.2) is 0 Å². The number of amides is 2. The first kappa shape index (κ1) is 15.6. The molecule has 0 aromatic heterocycles. The molecule has 0 aliphatic heterocycles. The van der Waals surface area contributed by atoms with E-state index in [9.17, 15) is 9.59 Å². The van der Waals surface area contributed by atoms with E-state index in [0.717, 1.165) is 5.69 Å². The van der Waals surface area contributed by atoms with E-state index in [1.54, 1.807) is 67.6 Å². The highest BCUT2D eigenvalue weighted by atomic mass is 16.5. The van der Waals surface area contributed by atoms with Crippen molar-refractivity contribution in [3.05, 3.63) is 54.1 Å². The highest BCUT2D eigenvalue weighted by Crippen LogP contribution is 2.20. The van der Waals surface area contributed by atoms with Crippen LogP contribution in [0.2, 0.25) is 0 Å². The van der Waals surface area contributed by atoms with E-state index in [2.05, 4.69) is 5.32 Å². The van der Waals surface area contributed by atoms with E-state index in [1.165, 1.54) is 6.92 Å².